The van der Waals surface area contributed by atoms with Crippen molar-refractivity contribution in [1.29, 1.82) is 0 Å². The number of rotatable bonds is 8. The molecule has 0 unspecified atom stereocenters. The highest BCUT2D eigenvalue weighted by atomic mass is 16.1. The van der Waals surface area contributed by atoms with Crippen molar-refractivity contribution in [3.63, 3.8) is 0 Å². The minimum absolute atomic E-state index is 0.0449. The molecule has 2 aromatic carbocycles. The maximum Gasteiger partial charge on any atom is 0.223 e. The largest absolute Gasteiger partial charge is 0.349 e. The first-order valence-corrected chi connectivity index (χ1v) is 8.60. The van der Waals surface area contributed by atoms with Gasteiger partial charge in [-0.05, 0) is 30.9 Å². The van der Waals surface area contributed by atoms with E-state index in [0.29, 0.717) is 0 Å². The molecule has 1 amide bonds. The van der Waals surface area contributed by atoms with Crippen LogP contribution in [0.1, 0.15) is 50.3 Å². The Kier molecular flexibility index (Phi) is 6.86. The fourth-order valence-corrected chi connectivity index (χ4v) is 2.83. The molecule has 0 heterocycles. The van der Waals surface area contributed by atoms with Crippen LogP contribution in [0, 0.1) is 5.92 Å². The second kappa shape index (κ2) is 9.14. The highest BCUT2D eigenvalue weighted by Gasteiger charge is 2.20. The SMILES string of the molecule is CCCC[C@@H](Cc1ccccc1)C(=O)N[C@@H](C)c1ccccc1. The molecule has 0 saturated carbocycles. The summed E-state index contributed by atoms with van der Waals surface area (Å²) in [6.07, 6.45) is 3.96. The Bertz CT molecular complexity index is 579. The summed E-state index contributed by atoms with van der Waals surface area (Å²) < 4.78 is 0. The fourth-order valence-electron chi connectivity index (χ4n) is 2.83. The Labute approximate surface area is 139 Å². The molecule has 2 atom stereocenters. The summed E-state index contributed by atoms with van der Waals surface area (Å²) in [5.74, 6) is 0.210. The van der Waals surface area contributed by atoms with Crippen LogP contribution in [0.4, 0.5) is 0 Å². The molecular formula is C21H27NO. The van der Waals surface area contributed by atoms with Crippen LogP contribution in [-0.4, -0.2) is 5.91 Å². The standard InChI is InChI=1S/C21H27NO/c1-3-4-13-20(16-18-11-7-5-8-12-18)21(23)22-17(2)19-14-9-6-10-15-19/h5-12,14-15,17,20H,3-4,13,16H2,1-2H3,(H,22,23)/t17-,20-/m0/s1. The molecule has 0 aliphatic heterocycles. The van der Waals surface area contributed by atoms with Gasteiger partial charge in [0.25, 0.3) is 0 Å². The quantitative estimate of drug-likeness (QED) is 0.737. The van der Waals surface area contributed by atoms with E-state index < -0.39 is 0 Å². The number of hydrogen-bond donors (Lipinski definition) is 1. The van der Waals surface area contributed by atoms with E-state index in [4.69, 9.17) is 0 Å². The topological polar surface area (TPSA) is 29.1 Å². The van der Waals surface area contributed by atoms with Gasteiger partial charge in [0.15, 0.2) is 0 Å². The molecule has 23 heavy (non-hydrogen) atoms. The molecule has 1 N–H and O–H groups in total. The monoisotopic (exact) mass is 309 g/mol. The summed E-state index contributed by atoms with van der Waals surface area (Å²) in [6.45, 7) is 4.22. The minimum atomic E-state index is 0.0449. The predicted molar refractivity (Wildman–Crippen MR) is 96.2 cm³/mol. The van der Waals surface area contributed by atoms with Gasteiger partial charge in [-0.15, -0.1) is 0 Å². The maximum absolute atomic E-state index is 12.7. The molecule has 0 aliphatic carbocycles. The van der Waals surface area contributed by atoms with Crippen molar-refractivity contribution in [3.05, 3.63) is 71.8 Å². The van der Waals surface area contributed by atoms with Crippen molar-refractivity contribution >= 4 is 5.91 Å². The summed E-state index contributed by atoms with van der Waals surface area (Å²) in [5, 5.41) is 3.19. The average Bonchev–Trinajstić information content (AvgIpc) is 2.60. The lowest BCUT2D eigenvalue weighted by atomic mass is 9.93. The number of amides is 1. The molecule has 2 nitrogen and oxygen atoms in total. The summed E-state index contributed by atoms with van der Waals surface area (Å²) in [5.41, 5.74) is 2.38. The summed E-state index contributed by atoms with van der Waals surface area (Å²) in [7, 11) is 0. The van der Waals surface area contributed by atoms with Crippen LogP contribution in [0.15, 0.2) is 60.7 Å². The van der Waals surface area contributed by atoms with Gasteiger partial charge in [0, 0.05) is 5.92 Å². The third-order valence-electron chi connectivity index (χ3n) is 4.26. The van der Waals surface area contributed by atoms with Gasteiger partial charge in [0.1, 0.15) is 0 Å². The van der Waals surface area contributed by atoms with Crippen LogP contribution >= 0.6 is 0 Å². The van der Waals surface area contributed by atoms with E-state index in [9.17, 15) is 4.79 Å². The molecule has 0 radical (unpaired) electrons. The van der Waals surface area contributed by atoms with E-state index in [2.05, 4.69) is 36.5 Å². The number of nitrogens with one attached hydrogen (secondary N) is 1. The van der Waals surface area contributed by atoms with Gasteiger partial charge in [0.2, 0.25) is 5.91 Å². The van der Waals surface area contributed by atoms with Gasteiger partial charge in [-0.1, -0.05) is 80.4 Å². The Hall–Kier alpha value is -2.09. The third-order valence-corrected chi connectivity index (χ3v) is 4.26. The zero-order valence-corrected chi connectivity index (χ0v) is 14.2. The van der Waals surface area contributed by atoms with Crippen LogP contribution in [-0.2, 0) is 11.2 Å². The van der Waals surface area contributed by atoms with Gasteiger partial charge >= 0.3 is 0 Å². The van der Waals surface area contributed by atoms with E-state index in [0.717, 1.165) is 31.2 Å². The van der Waals surface area contributed by atoms with E-state index in [1.54, 1.807) is 0 Å². The number of hydrogen-bond acceptors (Lipinski definition) is 1. The van der Waals surface area contributed by atoms with Crippen LogP contribution in [0.5, 0.6) is 0 Å². The maximum atomic E-state index is 12.7. The second-order valence-electron chi connectivity index (χ2n) is 6.17. The van der Waals surface area contributed by atoms with Crippen LogP contribution in [0.2, 0.25) is 0 Å². The molecule has 0 aliphatic rings. The fraction of sp³-hybridized carbons (Fsp3) is 0.381. The first-order chi connectivity index (χ1) is 11.2. The first-order valence-electron chi connectivity index (χ1n) is 8.60. The smallest absolute Gasteiger partial charge is 0.223 e. The lowest BCUT2D eigenvalue weighted by Gasteiger charge is -2.21. The summed E-state index contributed by atoms with van der Waals surface area (Å²) in [4.78, 5) is 12.7. The third kappa shape index (κ3) is 5.55. The van der Waals surface area contributed by atoms with Gasteiger partial charge in [-0.25, -0.2) is 0 Å². The minimum Gasteiger partial charge on any atom is -0.349 e. The van der Waals surface area contributed by atoms with Crippen LogP contribution in [0.25, 0.3) is 0 Å². The van der Waals surface area contributed by atoms with Crippen molar-refractivity contribution in [3.8, 4) is 0 Å². The van der Waals surface area contributed by atoms with Crippen molar-refractivity contribution < 1.29 is 4.79 Å². The second-order valence-corrected chi connectivity index (χ2v) is 6.17. The Morgan fingerprint density at radius 3 is 2.22 bits per heavy atom. The molecule has 2 heteroatoms. The predicted octanol–water partition coefficient (Wildman–Crippen LogP) is 4.91. The molecule has 122 valence electrons. The van der Waals surface area contributed by atoms with E-state index in [-0.39, 0.29) is 17.9 Å². The molecule has 2 aromatic rings. The number of benzene rings is 2. The Morgan fingerprint density at radius 1 is 1.00 bits per heavy atom. The first kappa shape index (κ1) is 17.3. The van der Waals surface area contributed by atoms with Gasteiger partial charge in [-0.3, -0.25) is 4.79 Å². The molecule has 0 saturated heterocycles. The molecular weight excluding hydrogens is 282 g/mol. The van der Waals surface area contributed by atoms with E-state index >= 15 is 0 Å². The summed E-state index contributed by atoms with van der Waals surface area (Å²) >= 11 is 0. The number of unbranched alkanes of at least 4 members (excludes halogenated alkanes) is 1. The van der Waals surface area contributed by atoms with Gasteiger partial charge in [0.05, 0.1) is 6.04 Å². The van der Waals surface area contributed by atoms with Crippen LogP contribution < -0.4 is 5.32 Å². The number of carbonyl (C=O) groups is 1. The van der Waals surface area contributed by atoms with Crippen molar-refractivity contribution in [1.82, 2.24) is 5.32 Å². The molecule has 0 spiro atoms. The molecule has 0 bridgehead atoms. The summed E-state index contributed by atoms with van der Waals surface area (Å²) in [6, 6.07) is 20.5. The van der Waals surface area contributed by atoms with Gasteiger partial charge in [-0.2, -0.15) is 0 Å². The van der Waals surface area contributed by atoms with E-state index in [1.165, 1.54) is 5.56 Å². The van der Waals surface area contributed by atoms with Crippen molar-refractivity contribution in [2.75, 3.05) is 0 Å². The Balaban J connectivity index is 2.01. The average molecular weight is 309 g/mol. The molecule has 0 aromatic heterocycles. The highest BCUT2D eigenvalue weighted by Crippen LogP contribution is 2.18. The molecule has 0 fully saturated rings. The Morgan fingerprint density at radius 2 is 1.61 bits per heavy atom. The molecule has 2 rings (SSSR count). The number of carbonyl (C=O) groups excluding carboxylic acids is 1. The van der Waals surface area contributed by atoms with Crippen molar-refractivity contribution in [2.24, 2.45) is 5.92 Å². The normalized spacial score (nSPS) is 13.3. The van der Waals surface area contributed by atoms with E-state index in [1.807, 2.05) is 43.3 Å². The van der Waals surface area contributed by atoms with Gasteiger partial charge < -0.3 is 5.32 Å². The van der Waals surface area contributed by atoms with Crippen molar-refractivity contribution in [2.45, 2.75) is 45.6 Å². The highest BCUT2D eigenvalue weighted by molar-refractivity contribution is 5.79. The lowest BCUT2D eigenvalue weighted by Crippen LogP contribution is -2.34. The van der Waals surface area contributed by atoms with Crippen LogP contribution in [0.3, 0.4) is 0 Å². The zero-order valence-electron chi connectivity index (χ0n) is 14.2. The lowest BCUT2D eigenvalue weighted by molar-refractivity contribution is -0.125. The zero-order chi connectivity index (χ0) is 16.5.